The molecule has 2 N–H and O–H groups in total. The summed E-state index contributed by atoms with van der Waals surface area (Å²) in [6.45, 7) is 5.28. The zero-order valence-corrected chi connectivity index (χ0v) is 10.3. The molecule has 2 rings (SSSR count). The Labute approximate surface area is 98.4 Å². The van der Waals surface area contributed by atoms with Crippen LogP contribution in [-0.4, -0.2) is 25.5 Å². The van der Waals surface area contributed by atoms with Crippen LogP contribution in [0.2, 0.25) is 0 Å². The first-order chi connectivity index (χ1) is 7.74. The maximum Gasteiger partial charge on any atom is 0.220 e. The third-order valence-corrected chi connectivity index (χ3v) is 3.97. The van der Waals surface area contributed by atoms with Crippen LogP contribution in [0.3, 0.4) is 0 Å². The lowest BCUT2D eigenvalue weighted by atomic mass is 9.82. The van der Waals surface area contributed by atoms with Gasteiger partial charge in [-0.05, 0) is 43.7 Å². The molecule has 2 fully saturated rings. The largest absolute Gasteiger partial charge is 0.356 e. The van der Waals surface area contributed by atoms with Crippen molar-refractivity contribution in [3.8, 4) is 0 Å². The van der Waals surface area contributed by atoms with Crippen molar-refractivity contribution in [2.45, 2.75) is 39.0 Å². The molecule has 2 unspecified atom stereocenters. The van der Waals surface area contributed by atoms with Crippen LogP contribution >= 0.6 is 0 Å². The summed E-state index contributed by atoms with van der Waals surface area (Å²) in [6.07, 6.45) is 6.03. The molecule has 3 heteroatoms. The van der Waals surface area contributed by atoms with Crippen molar-refractivity contribution in [3.63, 3.8) is 0 Å². The summed E-state index contributed by atoms with van der Waals surface area (Å²) >= 11 is 0. The second-order valence-electron chi connectivity index (χ2n) is 5.67. The molecule has 1 amide bonds. The molecule has 1 saturated carbocycles. The monoisotopic (exact) mass is 224 g/mol. The van der Waals surface area contributed by atoms with E-state index in [1.165, 1.54) is 25.7 Å². The molecule has 1 heterocycles. The molecule has 0 aromatic carbocycles. The average molecular weight is 224 g/mol. The molecular formula is C13H24N2O. The molecule has 92 valence electrons. The number of hydrogen-bond donors (Lipinski definition) is 2. The van der Waals surface area contributed by atoms with Crippen molar-refractivity contribution in [2.24, 2.45) is 17.8 Å². The Morgan fingerprint density at radius 2 is 2.12 bits per heavy atom. The minimum Gasteiger partial charge on any atom is -0.356 e. The molecule has 2 atom stereocenters. The molecule has 16 heavy (non-hydrogen) atoms. The standard InChI is InChI=1S/C13H24N2O/c1-10-3-2-4-11(5-10)9-15-13(16)6-12-7-14-8-12/h10-12,14H,2-9H2,1H3,(H,15,16). The lowest BCUT2D eigenvalue weighted by Crippen LogP contribution is -2.45. The van der Waals surface area contributed by atoms with Gasteiger partial charge in [-0.3, -0.25) is 4.79 Å². The van der Waals surface area contributed by atoms with Crippen LogP contribution < -0.4 is 10.6 Å². The molecule has 0 spiro atoms. The maximum atomic E-state index is 11.6. The predicted molar refractivity (Wildman–Crippen MR) is 65.1 cm³/mol. The predicted octanol–water partition coefficient (Wildman–Crippen LogP) is 1.54. The summed E-state index contributed by atoms with van der Waals surface area (Å²) < 4.78 is 0. The van der Waals surface area contributed by atoms with Gasteiger partial charge in [0.2, 0.25) is 5.91 Å². The molecule has 0 aromatic rings. The van der Waals surface area contributed by atoms with E-state index in [-0.39, 0.29) is 5.91 Å². The zero-order valence-electron chi connectivity index (χ0n) is 10.3. The minimum atomic E-state index is 0.254. The highest BCUT2D eigenvalue weighted by atomic mass is 16.1. The molecule has 1 aliphatic carbocycles. The van der Waals surface area contributed by atoms with Crippen LogP contribution in [0.5, 0.6) is 0 Å². The zero-order chi connectivity index (χ0) is 11.4. The van der Waals surface area contributed by atoms with Gasteiger partial charge in [0.05, 0.1) is 0 Å². The van der Waals surface area contributed by atoms with Crippen molar-refractivity contribution < 1.29 is 4.79 Å². The molecule has 1 aliphatic heterocycles. The van der Waals surface area contributed by atoms with Gasteiger partial charge in [0, 0.05) is 13.0 Å². The van der Waals surface area contributed by atoms with Gasteiger partial charge in [0.15, 0.2) is 0 Å². The first kappa shape index (κ1) is 11.9. The Kier molecular flexibility index (Phi) is 4.22. The van der Waals surface area contributed by atoms with Gasteiger partial charge in [-0.15, -0.1) is 0 Å². The van der Waals surface area contributed by atoms with Crippen molar-refractivity contribution in [3.05, 3.63) is 0 Å². The lowest BCUT2D eigenvalue weighted by Gasteiger charge is -2.28. The quantitative estimate of drug-likeness (QED) is 0.760. The van der Waals surface area contributed by atoms with Crippen molar-refractivity contribution in [1.29, 1.82) is 0 Å². The van der Waals surface area contributed by atoms with Gasteiger partial charge in [-0.1, -0.05) is 19.8 Å². The van der Waals surface area contributed by atoms with E-state index in [1.54, 1.807) is 0 Å². The Bertz CT molecular complexity index is 238. The van der Waals surface area contributed by atoms with Crippen LogP contribution in [0.1, 0.15) is 39.0 Å². The topological polar surface area (TPSA) is 41.1 Å². The smallest absolute Gasteiger partial charge is 0.220 e. The number of nitrogens with one attached hydrogen (secondary N) is 2. The summed E-state index contributed by atoms with van der Waals surface area (Å²) in [5.74, 6) is 2.42. The number of amides is 1. The summed E-state index contributed by atoms with van der Waals surface area (Å²) in [6, 6.07) is 0. The van der Waals surface area contributed by atoms with Crippen LogP contribution in [0.15, 0.2) is 0 Å². The highest BCUT2D eigenvalue weighted by molar-refractivity contribution is 5.76. The van der Waals surface area contributed by atoms with E-state index < -0.39 is 0 Å². The van der Waals surface area contributed by atoms with E-state index in [9.17, 15) is 4.79 Å². The SMILES string of the molecule is CC1CCCC(CNC(=O)CC2CNC2)C1. The third kappa shape index (κ3) is 3.48. The fourth-order valence-corrected chi connectivity index (χ4v) is 2.83. The third-order valence-electron chi connectivity index (χ3n) is 3.97. The van der Waals surface area contributed by atoms with Gasteiger partial charge in [0.1, 0.15) is 0 Å². The molecule has 1 saturated heterocycles. The normalized spacial score (nSPS) is 30.8. The molecule has 0 bridgehead atoms. The van der Waals surface area contributed by atoms with Crippen molar-refractivity contribution in [1.82, 2.24) is 10.6 Å². The maximum absolute atomic E-state index is 11.6. The van der Waals surface area contributed by atoms with E-state index in [4.69, 9.17) is 0 Å². The van der Waals surface area contributed by atoms with Crippen molar-refractivity contribution in [2.75, 3.05) is 19.6 Å². The number of hydrogen-bond acceptors (Lipinski definition) is 2. The Morgan fingerprint density at radius 1 is 1.31 bits per heavy atom. The van der Waals surface area contributed by atoms with Gasteiger partial charge in [-0.25, -0.2) is 0 Å². The van der Waals surface area contributed by atoms with Crippen LogP contribution in [-0.2, 0) is 4.79 Å². The van der Waals surface area contributed by atoms with Gasteiger partial charge in [-0.2, -0.15) is 0 Å². The number of rotatable bonds is 4. The summed E-state index contributed by atoms with van der Waals surface area (Å²) in [5, 5.41) is 6.30. The summed E-state index contributed by atoms with van der Waals surface area (Å²) in [4.78, 5) is 11.6. The molecule has 0 aromatic heterocycles. The highest BCUT2D eigenvalue weighted by Crippen LogP contribution is 2.27. The lowest BCUT2D eigenvalue weighted by molar-refractivity contribution is -0.122. The second-order valence-corrected chi connectivity index (χ2v) is 5.67. The van der Waals surface area contributed by atoms with Crippen molar-refractivity contribution >= 4 is 5.91 Å². The second kappa shape index (κ2) is 5.67. The average Bonchev–Trinajstić information content (AvgIpc) is 2.21. The van der Waals surface area contributed by atoms with Gasteiger partial charge >= 0.3 is 0 Å². The number of carbonyl (C=O) groups excluding carboxylic acids is 1. The fourth-order valence-electron chi connectivity index (χ4n) is 2.83. The molecule has 0 radical (unpaired) electrons. The molecule has 3 nitrogen and oxygen atoms in total. The van der Waals surface area contributed by atoms with E-state index >= 15 is 0 Å². The van der Waals surface area contributed by atoms with Crippen LogP contribution in [0.25, 0.3) is 0 Å². The summed E-state index contributed by atoms with van der Waals surface area (Å²) in [5.41, 5.74) is 0. The van der Waals surface area contributed by atoms with Crippen LogP contribution in [0.4, 0.5) is 0 Å². The van der Waals surface area contributed by atoms with E-state index in [0.29, 0.717) is 5.92 Å². The number of carbonyl (C=O) groups is 1. The van der Waals surface area contributed by atoms with E-state index in [0.717, 1.165) is 37.9 Å². The Morgan fingerprint density at radius 3 is 2.75 bits per heavy atom. The highest BCUT2D eigenvalue weighted by Gasteiger charge is 2.22. The van der Waals surface area contributed by atoms with Gasteiger partial charge in [0.25, 0.3) is 0 Å². The summed E-state index contributed by atoms with van der Waals surface area (Å²) in [7, 11) is 0. The molecule has 2 aliphatic rings. The van der Waals surface area contributed by atoms with Crippen LogP contribution in [0, 0.1) is 17.8 Å². The Hall–Kier alpha value is -0.570. The fraction of sp³-hybridized carbons (Fsp3) is 0.923. The minimum absolute atomic E-state index is 0.254. The van der Waals surface area contributed by atoms with E-state index in [1.807, 2.05) is 0 Å². The molecular weight excluding hydrogens is 200 g/mol. The first-order valence-electron chi connectivity index (χ1n) is 6.71. The Balaban J connectivity index is 1.60. The van der Waals surface area contributed by atoms with E-state index in [2.05, 4.69) is 17.6 Å². The first-order valence-corrected chi connectivity index (χ1v) is 6.71. The van der Waals surface area contributed by atoms with Gasteiger partial charge < -0.3 is 10.6 Å².